The zero-order chi connectivity index (χ0) is 13.9. The molecule has 0 unspecified atom stereocenters. The highest BCUT2D eigenvalue weighted by atomic mass is 16.2. The lowest BCUT2D eigenvalue weighted by Crippen LogP contribution is -2.33. The first-order chi connectivity index (χ1) is 9.78. The molecular weight excluding hydrogens is 250 g/mol. The van der Waals surface area contributed by atoms with E-state index >= 15 is 0 Å². The lowest BCUT2D eigenvalue weighted by atomic mass is 10.1. The average Bonchev–Trinajstić information content (AvgIpc) is 3.08. The quantitative estimate of drug-likeness (QED) is 0.914. The molecule has 1 aromatic carbocycles. The Kier molecular flexibility index (Phi) is 3.63. The van der Waals surface area contributed by atoms with E-state index in [9.17, 15) is 4.79 Å². The van der Waals surface area contributed by atoms with Gasteiger partial charge in [-0.15, -0.1) is 0 Å². The van der Waals surface area contributed by atoms with Gasteiger partial charge in [-0.2, -0.15) is 0 Å². The first-order valence-corrected chi connectivity index (χ1v) is 7.40. The van der Waals surface area contributed by atoms with Crippen molar-refractivity contribution in [1.29, 1.82) is 0 Å². The maximum absolute atomic E-state index is 11.9. The van der Waals surface area contributed by atoms with Gasteiger partial charge in [0.1, 0.15) is 6.67 Å². The minimum atomic E-state index is 0.186. The standard InChI is InChI=1S/C16H21N3O/c1-2-5-16(20)18-10-11-19(12-18)17-15-9-4-7-13-6-3-8-14(13)15/h4,7,9-11,17H,2-3,5-6,8,12H2,1H3. The lowest BCUT2D eigenvalue weighted by Gasteiger charge is -2.23. The number of fused-ring (bicyclic) bond motifs is 1. The summed E-state index contributed by atoms with van der Waals surface area (Å²) in [6.45, 7) is 2.61. The summed E-state index contributed by atoms with van der Waals surface area (Å²) in [6, 6.07) is 6.44. The Balaban J connectivity index is 1.65. The third kappa shape index (κ3) is 2.50. The van der Waals surface area contributed by atoms with Gasteiger partial charge in [0.15, 0.2) is 0 Å². The normalized spacial score (nSPS) is 16.6. The molecule has 4 heteroatoms. The number of carbonyl (C=O) groups excluding carboxylic acids is 1. The Labute approximate surface area is 120 Å². The molecule has 0 aromatic heterocycles. The predicted octanol–water partition coefficient (Wildman–Crippen LogP) is 2.88. The van der Waals surface area contributed by atoms with Crippen molar-refractivity contribution in [1.82, 2.24) is 9.91 Å². The topological polar surface area (TPSA) is 35.6 Å². The monoisotopic (exact) mass is 271 g/mol. The number of hydrogen-bond donors (Lipinski definition) is 1. The first kappa shape index (κ1) is 13.0. The van der Waals surface area contributed by atoms with Crippen LogP contribution in [-0.2, 0) is 17.6 Å². The highest BCUT2D eigenvalue weighted by Crippen LogP contribution is 2.29. The highest BCUT2D eigenvalue weighted by molar-refractivity contribution is 5.77. The molecule has 1 aliphatic carbocycles. The van der Waals surface area contributed by atoms with E-state index in [4.69, 9.17) is 0 Å². The summed E-state index contributed by atoms with van der Waals surface area (Å²) in [4.78, 5) is 13.6. The van der Waals surface area contributed by atoms with Crippen molar-refractivity contribution < 1.29 is 4.79 Å². The fourth-order valence-corrected chi connectivity index (χ4v) is 2.89. The first-order valence-electron chi connectivity index (χ1n) is 7.40. The number of nitrogens with zero attached hydrogens (tertiary/aromatic N) is 2. The van der Waals surface area contributed by atoms with Crippen molar-refractivity contribution in [2.75, 3.05) is 12.1 Å². The largest absolute Gasteiger partial charge is 0.297 e. The Morgan fingerprint density at radius 1 is 1.30 bits per heavy atom. The van der Waals surface area contributed by atoms with Gasteiger partial charge in [-0.05, 0) is 42.9 Å². The Morgan fingerprint density at radius 2 is 2.20 bits per heavy atom. The van der Waals surface area contributed by atoms with Gasteiger partial charge >= 0.3 is 0 Å². The van der Waals surface area contributed by atoms with Crippen LogP contribution in [0.2, 0.25) is 0 Å². The summed E-state index contributed by atoms with van der Waals surface area (Å²) in [6.07, 6.45) is 8.86. The second-order valence-corrected chi connectivity index (χ2v) is 5.43. The number of anilines is 1. The number of hydrogen-bond acceptors (Lipinski definition) is 3. The zero-order valence-electron chi connectivity index (χ0n) is 11.9. The minimum absolute atomic E-state index is 0.186. The van der Waals surface area contributed by atoms with Gasteiger partial charge in [0, 0.05) is 18.8 Å². The number of benzene rings is 1. The molecule has 106 valence electrons. The Bertz CT molecular complexity index is 539. The number of hydrazine groups is 1. The fraction of sp³-hybridized carbons (Fsp3) is 0.438. The van der Waals surface area contributed by atoms with E-state index in [0.717, 1.165) is 12.8 Å². The molecule has 0 spiro atoms. The Morgan fingerprint density at radius 3 is 3.05 bits per heavy atom. The van der Waals surface area contributed by atoms with E-state index in [0.29, 0.717) is 13.1 Å². The second-order valence-electron chi connectivity index (χ2n) is 5.43. The van der Waals surface area contributed by atoms with Gasteiger partial charge in [0.25, 0.3) is 0 Å². The molecule has 2 aliphatic rings. The zero-order valence-corrected chi connectivity index (χ0v) is 11.9. The molecule has 1 aromatic rings. The summed E-state index contributed by atoms with van der Waals surface area (Å²) < 4.78 is 0. The molecule has 0 saturated heterocycles. The summed E-state index contributed by atoms with van der Waals surface area (Å²) >= 11 is 0. The van der Waals surface area contributed by atoms with Crippen LogP contribution in [0.1, 0.15) is 37.3 Å². The van der Waals surface area contributed by atoms with E-state index in [1.165, 1.54) is 29.7 Å². The van der Waals surface area contributed by atoms with Crippen LogP contribution in [0.15, 0.2) is 30.6 Å². The molecule has 0 bridgehead atoms. The lowest BCUT2D eigenvalue weighted by molar-refractivity contribution is -0.129. The van der Waals surface area contributed by atoms with E-state index in [1.807, 2.05) is 24.3 Å². The molecule has 1 amide bonds. The summed E-state index contributed by atoms with van der Waals surface area (Å²) in [7, 11) is 0. The SMILES string of the molecule is CCCC(=O)N1C=CN(Nc2cccc3c2CCC3)C1. The maximum Gasteiger partial charge on any atom is 0.228 e. The van der Waals surface area contributed by atoms with E-state index < -0.39 is 0 Å². The van der Waals surface area contributed by atoms with E-state index in [2.05, 4.69) is 23.6 Å². The fourth-order valence-electron chi connectivity index (χ4n) is 2.89. The van der Waals surface area contributed by atoms with Crippen molar-refractivity contribution in [2.45, 2.75) is 39.0 Å². The highest BCUT2D eigenvalue weighted by Gasteiger charge is 2.20. The number of carbonyl (C=O) groups is 1. The second kappa shape index (κ2) is 5.57. The van der Waals surface area contributed by atoms with Crippen molar-refractivity contribution in [3.63, 3.8) is 0 Å². The third-order valence-corrected chi connectivity index (χ3v) is 3.93. The molecule has 0 atom stereocenters. The van der Waals surface area contributed by atoms with E-state index in [1.54, 1.807) is 4.90 Å². The molecule has 1 aliphatic heterocycles. The summed E-state index contributed by atoms with van der Waals surface area (Å²) in [5, 5.41) is 1.97. The van der Waals surface area contributed by atoms with Crippen molar-refractivity contribution >= 4 is 11.6 Å². The number of aryl methyl sites for hydroxylation is 1. The van der Waals surface area contributed by atoms with Crippen LogP contribution in [0.25, 0.3) is 0 Å². The number of nitrogens with one attached hydrogen (secondary N) is 1. The molecule has 0 radical (unpaired) electrons. The molecule has 20 heavy (non-hydrogen) atoms. The molecule has 0 saturated carbocycles. The van der Waals surface area contributed by atoms with Crippen molar-refractivity contribution in [3.05, 3.63) is 41.7 Å². The van der Waals surface area contributed by atoms with E-state index in [-0.39, 0.29) is 5.91 Å². The van der Waals surface area contributed by atoms with Crippen molar-refractivity contribution in [3.8, 4) is 0 Å². The van der Waals surface area contributed by atoms with Crippen LogP contribution in [-0.4, -0.2) is 22.5 Å². The van der Waals surface area contributed by atoms with Gasteiger partial charge in [-0.1, -0.05) is 19.1 Å². The molecule has 4 nitrogen and oxygen atoms in total. The number of amides is 1. The summed E-state index contributed by atoms with van der Waals surface area (Å²) in [5.41, 5.74) is 7.48. The van der Waals surface area contributed by atoms with Crippen molar-refractivity contribution in [2.24, 2.45) is 0 Å². The van der Waals surface area contributed by atoms with Crippen LogP contribution in [0, 0.1) is 0 Å². The maximum atomic E-state index is 11.9. The smallest absolute Gasteiger partial charge is 0.228 e. The van der Waals surface area contributed by atoms with Gasteiger partial charge in [0.2, 0.25) is 5.91 Å². The van der Waals surface area contributed by atoms with Crippen LogP contribution in [0.3, 0.4) is 0 Å². The van der Waals surface area contributed by atoms with Crippen LogP contribution < -0.4 is 5.43 Å². The van der Waals surface area contributed by atoms with Gasteiger partial charge in [-0.3, -0.25) is 20.1 Å². The van der Waals surface area contributed by atoms with Crippen LogP contribution in [0.4, 0.5) is 5.69 Å². The van der Waals surface area contributed by atoms with Gasteiger partial charge in [-0.25, -0.2) is 0 Å². The minimum Gasteiger partial charge on any atom is -0.297 e. The molecular formula is C16H21N3O. The molecule has 1 N–H and O–H groups in total. The molecule has 1 heterocycles. The Hall–Kier alpha value is -1.97. The average molecular weight is 271 g/mol. The van der Waals surface area contributed by atoms with Gasteiger partial charge < -0.3 is 0 Å². The number of rotatable bonds is 4. The molecule has 0 fully saturated rings. The predicted molar refractivity (Wildman–Crippen MR) is 79.7 cm³/mol. The molecule has 3 rings (SSSR count). The summed E-state index contributed by atoms with van der Waals surface area (Å²) in [5.74, 6) is 0.186. The van der Waals surface area contributed by atoms with Gasteiger partial charge in [0.05, 0.1) is 5.69 Å². The third-order valence-electron chi connectivity index (χ3n) is 3.93. The van der Waals surface area contributed by atoms with Crippen LogP contribution in [0.5, 0.6) is 0 Å². The van der Waals surface area contributed by atoms with Crippen LogP contribution >= 0.6 is 0 Å².